The standard InChI is InChI=1S/C14H12ClFO2/c15-13-6-5-12(7-14(13)16)18-9-11-3-1-10(8-17)2-4-11/h1-7,17H,8-9H2. The maximum absolute atomic E-state index is 13.2. The number of aliphatic hydroxyl groups excluding tert-OH is 1. The van der Waals surface area contributed by atoms with E-state index in [1.807, 2.05) is 24.3 Å². The summed E-state index contributed by atoms with van der Waals surface area (Å²) in [6.45, 7) is 0.357. The van der Waals surface area contributed by atoms with Gasteiger partial charge in [-0.3, -0.25) is 0 Å². The number of benzene rings is 2. The van der Waals surface area contributed by atoms with Gasteiger partial charge in [-0.1, -0.05) is 35.9 Å². The van der Waals surface area contributed by atoms with Gasteiger partial charge in [0, 0.05) is 6.07 Å². The van der Waals surface area contributed by atoms with Gasteiger partial charge in [0.25, 0.3) is 0 Å². The van der Waals surface area contributed by atoms with Crippen LogP contribution in [-0.2, 0) is 13.2 Å². The fourth-order valence-electron chi connectivity index (χ4n) is 1.47. The van der Waals surface area contributed by atoms with Crippen LogP contribution in [0.4, 0.5) is 4.39 Å². The van der Waals surface area contributed by atoms with Gasteiger partial charge in [0.05, 0.1) is 11.6 Å². The molecule has 0 bridgehead atoms. The largest absolute Gasteiger partial charge is 0.489 e. The van der Waals surface area contributed by atoms with Crippen molar-refractivity contribution < 1.29 is 14.2 Å². The first-order valence-electron chi connectivity index (χ1n) is 5.45. The highest BCUT2D eigenvalue weighted by atomic mass is 35.5. The van der Waals surface area contributed by atoms with Crippen LogP contribution >= 0.6 is 11.6 Å². The van der Waals surface area contributed by atoms with Crippen LogP contribution in [0.3, 0.4) is 0 Å². The molecule has 0 fully saturated rings. The molecule has 4 heteroatoms. The second-order valence-electron chi connectivity index (χ2n) is 3.84. The van der Waals surface area contributed by atoms with Crippen LogP contribution in [0.1, 0.15) is 11.1 Å². The molecule has 2 nitrogen and oxygen atoms in total. The number of ether oxygens (including phenoxy) is 1. The molecular formula is C14H12ClFO2. The Morgan fingerprint density at radius 3 is 2.33 bits per heavy atom. The van der Waals surface area contributed by atoms with Gasteiger partial charge in [0.1, 0.15) is 18.2 Å². The molecular weight excluding hydrogens is 255 g/mol. The van der Waals surface area contributed by atoms with Crippen molar-refractivity contribution in [1.82, 2.24) is 0 Å². The van der Waals surface area contributed by atoms with Crippen LogP contribution in [0.25, 0.3) is 0 Å². The van der Waals surface area contributed by atoms with E-state index in [4.69, 9.17) is 21.4 Å². The summed E-state index contributed by atoms with van der Waals surface area (Å²) >= 11 is 5.58. The summed E-state index contributed by atoms with van der Waals surface area (Å²) in [6, 6.07) is 11.7. The minimum Gasteiger partial charge on any atom is -0.489 e. The lowest BCUT2D eigenvalue weighted by molar-refractivity contribution is 0.281. The Hall–Kier alpha value is -1.58. The summed E-state index contributed by atoms with van der Waals surface area (Å²) in [7, 11) is 0. The zero-order valence-corrected chi connectivity index (χ0v) is 10.3. The Morgan fingerprint density at radius 1 is 1.06 bits per heavy atom. The van der Waals surface area contributed by atoms with Gasteiger partial charge in [0.15, 0.2) is 0 Å². The molecule has 18 heavy (non-hydrogen) atoms. The van der Waals surface area contributed by atoms with Crippen molar-refractivity contribution in [3.63, 3.8) is 0 Å². The Bertz CT molecular complexity index is 526. The molecule has 0 atom stereocenters. The molecule has 1 N–H and O–H groups in total. The van der Waals surface area contributed by atoms with E-state index in [2.05, 4.69) is 0 Å². The van der Waals surface area contributed by atoms with E-state index in [0.29, 0.717) is 12.4 Å². The lowest BCUT2D eigenvalue weighted by Crippen LogP contribution is -1.96. The van der Waals surface area contributed by atoms with Gasteiger partial charge in [-0.15, -0.1) is 0 Å². The van der Waals surface area contributed by atoms with Gasteiger partial charge in [-0.2, -0.15) is 0 Å². The number of aliphatic hydroxyl groups is 1. The normalized spacial score (nSPS) is 10.4. The topological polar surface area (TPSA) is 29.5 Å². The quantitative estimate of drug-likeness (QED) is 0.917. The first-order chi connectivity index (χ1) is 8.69. The molecule has 2 aromatic rings. The highest BCUT2D eigenvalue weighted by Crippen LogP contribution is 2.21. The smallest absolute Gasteiger partial charge is 0.145 e. The second-order valence-corrected chi connectivity index (χ2v) is 4.25. The van der Waals surface area contributed by atoms with E-state index in [0.717, 1.165) is 11.1 Å². The molecule has 0 spiro atoms. The third-order valence-corrected chi connectivity index (χ3v) is 2.81. The Labute approximate surface area is 110 Å². The van der Waals surface area contributed by atoms with Crippen LogP contribution in [0, 0.1) is 5.82 Å². The molecule has 2 aromatic carbocycles. The van der Waals surface area contributed by atoms with Gasteiger partial charge < -0.3 is 9.84 Å². The highest BCUT2D eigenvalue weighted by Gasteiger charge is 2.02. The molecule has 0 aliphatic rings. The predicted octanol–water partition coefficient (Wildman–Crippen LogP) is 3.55. The number of hydrogen-bond acceptors (Lipinski definition) is 2. The maximum atomic E-state index is 13.2. The minimum absolute atomic E-state index is 0.0174. The molecule has 94 valence electrons. The molecule has 0 heterocycles. The first kappa shape index (κ1) is 12.9. The molecule has 0 unspecified atom stereocenters. The van der Waals surface area contributed by atoms with E-state index in [1.54, 1.807) is 6.07 Å². The zero-order valence-electron chi connectivity index (χ0n) is 9.57. The molecule has 2 rings (SSSR count). The Morgan fingerprint density at radius 2 is 1.72 bits per heavy atom. The zero-order chi connectivity index (χ0) is 13.0. The van der Waals surface area contributed by atoms with Crippen LogP contribution in [0.5, 0.6) is 5.75 Å². The summed E-state index contributed by atoms with van der Waals surface area (Å²) in [5, 5.41) is 8.99. The van der Waals surface area contributed by atoms with Gasteiger partial charge in [-0.05, 0) is 23.3 Å². The molecule has 0 radical (unpaired) electrons. The molecule has 0 aliphatic heterocycles. The van der Waals surface area contributed by atoms with Crippen molar-refractivity contribution in [1.29, 1.82) is 0 Å². The van der Waals surface area contributed by atoms with Crippen molar-refractivity contribution in [2.75, 3.05) is 0 Å². The third kappa shape index (κ3) is 3.22. The fourth-order valence-corrected chi connectivity index (χ4v) is 1.59. The van der Waals surface area contributed by atoms with Crippen molar-refractivity contribution in [2.45, 2.75) is 13.2 Å². The number of rotatable bonds is 4. The van der Waals surface area contributed by atoms with Crippen molar-refractivity contribution in [3.8, 4) is 5.75 Å². The molecule has 0 aliphatic carbocycles. The summed E-state index contributed by atoms with van der Waals surface area (Å²) < 4.78 is 18.6. The molecule has 0 amide bonds. The fraction of sp³-hybridized carbons (Fsp3) is 0.143. The van der Waals surface area contributed by atoms with Crippen molar-refractivity contribution >= 4 is 11.6 Å². The Kier molecular flexibility index (Phi) is 4.18. The molecule has 0 saturated carbocycles. The van der Waals surface area contributed by atoms with Gasteiger partial charge >= 0.3 is 0 Å². The monoisotopic (exact) mass is 266 g/mol. The summed E-state index contributed by atoms with van der Waals surface area (Å²) in [6.07, 6.45) is 0. The lowest BCUT2D eigenvalue weighted by atomic mass is 10.1. The lowest BCUT2D eigenvalue weighted by Gasteiger charge is -2.07. The van der Waals surface area contributed by atoms with Crippen LogP contribution in [0.15, 0.2) is 42.5 Å². The summed E-state index contributed by atoms with van der Waals surface area (Å²) in [5.74, 6) is -0.0621. The summed E-state index contributed by atoms with van der Waals surface area (Å²) in [5.41, 5.74) is 1.79. The average molecular weight is 267 g/mol. The van der Waals surface area contributed by atoms with E-state index >= 15 is 0 Å². The van der Waals surface area contributed by atoms with Gasteiger partial charge in [0.2, 0.25) is 0 Å². The molecule has 0 saturated heterocycles. The molecule has 0 aromatic heterocycles. The SMILES string of the molecule is OCc1ccc(COc2ccc(Cl)c(F)c2)cc1. The number of hydrogen-bond donors (Lipinski definition) is 1. The van der Waals surface area contributed by atoms with E-state index < -0.39 is 5.82 Å². The van der Waals surface area contributed by atoms with E-state index in [-0.39, 0.29) is 11.6 Å². The second kappa shape index (κ2) is 5.85. The number of halogens is 2. The van der Waals surface area contributed by atoms with E-state index in [1.165, 1.54) is 12.1 Å². The van der Waals surface area contributed by atoms with Crippen LogP contribution < -0.4 is 4.74 Å². The van der Waals surface area contributed by atoms with Crippen molar-refractivity contribution in [2.24, 2.45) is 0 Å². The average Bonchev–Trinajstić information content (AvgIpc) is 2.41. The van der Waals surface area contributed by atoms with Crippen LogP contribution in [-0.4, -0.2) is 5.11 Å². The Balaban J connectivity index is 1.99. The highest BCUT2D eigenvalue weighted by molar-refractivity contribution is 6.30. The summed E-state index contributed by atoms with van der Waals surface area (Å²) in [4.78, 5) is 0. The predicted molar refractivity (Wildman–Crippen MR) is 68.1 cm³/mol. The maximum Gasteiger partial charge on any atom is 0.145 e. The van der Waals surface area contributed by atoms with Crippen LogP contribution in [0.2, 0.25) is 5.02 Å². The van der Waals surface area contributed by atoms with Crippen molar-refractivity contribution in [3.05, 3.63) is 64.4 Å². The minimum atomic E-state index is -0.496. The third-order valence-electron chi connectivity index (χ3n) is 2.50. The van der Waals surface area contributed by atoms with E-state index in [9.17, 15) is 4.39 Å². The van der Waals surface area contributed by atoms with Gasteiger partial charge in [-0.25, -0.2) is 4.39 Å². The first-order valence-corrected chi connectivity index (χ1v) is 5.83.